The molecule has 6 heteroatoms. The number of amides is 1. The maximum Gasteiger partial charge on any atom is 0.274 e. The first-order chi connectivity index (χ1) is 9.17. The van der Waals surface area contributed by atoms with E-state index in [1.54, 1.807) is 0 Å². The predicted octanol–water partition coefficient (Wildman–Crippen LogP) is 3.86. The van der Waals surface area contributed by atoms with E-state index in [0.717, 1.165) is 16.7 Å². The average Bonchev–Trinajstić information content (AvgIpc) is 3.02. The number of aryl methyl sites for hydroxylation is 1. The Labute approximate surface area is 124 Å². The summed E-state index contributed by atoms with van der Waals surface area (Å²) in [6.45, 7) is 2.78. The Balaban J connectivity index is 1.75. The fourth-order valence-electron chi connectivity index (χ4n) is 2.00. The van der Waals surface area contributed by atoms with Crippen LogP contribution in [0.25, 0.3) is 0 Å². The van der Waals surface area contributed by atoms with Crippen molar-refractivity contribution in [1.29, 1.82) is 0 Å². The Bertz CT molecular complexity index is 615. The van der Waals surface area contributed by atoms with Gasteiger partial charge in [-0.1, -0.05) is 0 Å². The molecule has 2 heterocycles. The van der Waals surface area contributed by atoms with E-state index in [9.17, 15) is 4.79 Å². The Morgan fingerprint density at radius 2 is 2.42 bits per heavy atom. The van der Waals surface area contributed by atoms with Crippen LogP contribution in [0.3, 0.4) is 0 Å². The Hall–Kier alpha value is -1.14. The number of anilines is 1. The van der Waals surface area contributed by atoms with E-state index in [-0.39, 0.29) is 5.91 Å². The maximum atomic E-state index is 12.2. The highest BCUT2D eigenvalue weighted by atomic mass is 79.9. The molecule has 1 saturated carbocycles. The molecule has 0 aliphatic heterocycles. The van der Waals surface area contributed by atoms with Crippen LogP contribution < -0.4 is 5.32 Å². The lowest BCUT2D eigenvalue weighted by Gasteiger charge is -2.05. The van der Waals surface area contributed by atoms with Gasteiger partial charge >= 0.3 is 0 Å². The molecule has 0 saturated heterocycles. The van der Waals surface area contributed by atoms with E-state index in [4.69, 9.17) is 0 Å². The van der Waals surface area contributed by atoms with Crippen LogP contribution in [-0.4, -0.2) is 15.5 Å². The Morgan fingerprint density at radius 1 is 1.63 bits per heavy atom. The number of carbonyl (C=O) groups is 1. The molecule has 1 amide bonds. The lowest BCUT2D eigenvalue weighted by molar-refractivity contribution is 0.101. The fraction of sp³-hybridized carbons (Fsp3) is 0.385. The van der Waals surface area contributed by atoms with Gasteiger partial charge in [0, 0.05) is 28.5 Å². The Morgan fingerprint density at radius 3 is 3.11 bits per heavy atom. The molecular weight excluding hydrogens is 326 g/mol. The van der Waals surface area contributed by atoms with Crippen molar-refractivity contribution in [3.05, 3.63) is 33.5 Å². The molecule has 4 nitrogen and oxygen atoms in total. The highest BCUT2D eigenvalue weighted by Gasteiger charge is 2.26. The lowest BCUT2D eigenvalue weighted by Crippen LogP contribution is -2.16. The fourth-order valence-corrected chi connectivity index (χ4v) is 3.25. The lowest BCUT2D eigenvalue weighted by atomic mass is 10.3. The van der Waals surface area contributed by atoms with Crippen molar-refractivity contribution in [1.82, 2.24) is 9.55 Å². The zero-order chi connectivity index (χ0) is 13.4. The van der Waals surface area contributed by atoms with Gasteiger partial charge in [0.05, 0.1) is 5.69 Å². The molecule has 1 fully saturated rings. The third kappa shape index (κ3) is 2.74. The first kappa shape index (κ1) is 12.9. The summed E-state index contributed by atoms with van der Waals surface area (Å²) in [5.41, 5.74) is 1.77. The Kier molecular flexibility index (Phi) is 3.45. The van der Waals surface area contributed by atoms with Crippen LogP contribution in [0.15, 0.2) is 22.1 Å². The molecule has 2 aromatic heterocycles. The van der Waals surface area contributed by atoms with Crippen LogP contribution in [0, 0.1) is 0 Å². The molecule has 0 radical (unpaired) electrons. The number of carbonyl (C=O) groups excluding carboxylic acids is 1. The molecule has 100 valence electrons. The molecule has 0 aromatic carbocycles. The van der Waals surface area contributed by atoms with Crippen LogP contribution >= 0.6 is 27.3 Å². The number of hydrogen-bond donors (Lipinski definition) is 1. The molecule has 1 aliphatic rings. The van der Waals surface area contributed by atoms with Crippen LogP contribution in [0.1, 0.15) is 41.9 Å². The topological polar surface area (TPSA) is 46.9 Å². The second kappa shape index (κ2) is 5.09. The molecule has 0 spiro atoms. The van der Waals surface area contributed by atoms with Crippen LogP contribution in [0.4, 0.5) is 5.13 Å². The largest absolute Gasteiger partial charge is 0.343 e. The summed E-state index contributed by atoms with van der Waals surface area (Å²) >= 11 is 4.89. The number of hydrogen-bond acceptors (Lipinski definition) is 3. The summed E-state index contributed by atoms with van der Waals surface area (Å²) in [5.74, 6) is 0.514. The van der Waals surface area contributed by atoms with Gasteiger partial charge in [0.15, 0.2) is 5.13 Å². The van der Waals surface area contributed by atoms with E-state index in [2.05, 4.69) is 26.2 Å². The minimum Gasteiger partial charge on any atom is -0.343 e. The zero-order valence-electron chi connectivity index (χ0n) is 10.5. The van der Waals surface area contributed by atoms with Gasteiger partial charge in [-0.3, -0.25) is 10.1 Å². The van der Waals surface area contributed by atoms with Gasteiger partial charge in [0.25, 0.3) is 5.91 Å². The summed E-state index contributed by atoms with van der Waals surface area (Å²) in [4.78, 5) is 16.7. The van der Waals surface area contributed by atoms with Gasteiger partial charge in [-0.2, -0.15) is 0 Å². The quantitative estimate of drug-likeness (QED) is 0.919. The number of rotatable bonds is 4. The van der Waals surface area contributed by atoms with Crippen molar-refractivity contribution >= 4 is 38.3 Å². The molecular formula is C13H14BrN3OS. The summed E-state index contributed by atoms with van der Waals surface area (Å²) in [6, 6.07) is 1.83. The van der Waals surface area contributed by atoms with Crippen LogP contribution in [-0.2, 0) is 6.54 Å². The van der Waals surface area contributed by atoms with Crippen molar-refractivity contribution in [3.63, 3.8) is 0 Å². The van der Waals surface area contributed by atoms with Gasteiger partial charge in [-0.25, -0.2) is 4.98 Å². The number of thiazole rings is 1. The van der Waals surface area contributed by atoms with Crippen molar-refractivity contribution in [2.75, 3.05) is 5.32 Å². The molecule has 2 aromatic rings. The van der Waals surface area contributed by atoms with Crippen LogP contribution in [0.5, 0.6) is 0 Å². The molecule has 3 rings (SSSR count). The third-order valence-corrected chi connectivity index (χ3v) is 4.38. The van der Waals surface area contributed by atoms with Crippen molar-refractivity contribution in [2.45, 2.75) is 32.2 Å². The number of aromatic nitrogens is 2. The predicted molar refractivity (Wildman–Crippen MR) is 79.8 cm³/mol. The molecule has 19 heavy (non-hydrogen) atoms. The van der Waals surface area contributed by atoms with Crippen molar-refractivity contribution in [3.8, 4) is 0 Å². The van der Waals surface area contributed by atoms with Crippen molar-refractivity contribution in [2.24, 2.45) is 0 Å². The normalized spacial score (nSPS) is 14.6. The van der Waals surface area contributed by atoms with E-state index < -0.39 is 0 Å². The second-order valence-electron chi connectivity index (χ2n) is 4.64. The minimum atomic E-state index is -0.107. The van der Waals surface area contributed by atoms with Gasteiger partial charge in [-0.15, -0.1) is 11.3 Å². The number of halogens is 1. The molecule has 0 bridgehead atoms. The van der Waals surface area contributed by atoms with Gasteiger partial charge < -0.3 is 4.57 Å². The number of nitrogens with one attached hydrogen (secondary N) is 1. The van der Waals surface area contributed by atoms with Gasteiger partial charge in [-0.05, 0) is 41.8 Å². The molecule has 0 atom stereocenters. The van der Waals surface area contributed by atoms with E-state index in [1.165, 1.54) is 24.2 Å². The molecule has 1 N–H and O–H groups in total. The first-order valence-corrected chi connectivity index (χ1v) is 7.97. The average molecular weight is 340 g/mol. The summed E-state index contributed by atoms with van der Waals surface area (Å²) in [7, 11) is 0. The van der Waals surface area contributed by atoms with E-state index in [1.807, 2.05) is 29.1 Å². The zero-order valence-corrected chi connectivity index (χ0v) is 12.9. The summed E-state index contributed by atoms with van der Waals surface area (Å²) in [5, 5.41) is 5.61. The molecule has 1 aliphatic carbocycles. The minimum absolute atomic E-state index is 0.107. The SMILES string of the molecule is CCn1cc(Br)cc1C(=O)Nc1nc(C2CC2)cs1. The third-order valence-electron chi connectivity index (χ3n) is 3.17. The van der Waals surface area contributed by atoms with Crippen molar-refractivity contribution < 1.29 is 4.79 Å². The van der Waals surface area contributed by atoms with Gasteiger partial charge in [0.2, 0.25) is 0 Å². The van der Waals surface area contributed by atoms with Crippen LogP contribution in [0.2, 0.25) is 0 Å². The van der Waals surface area contributed by atoms with E-state index >= 15 is 0 Å². The second-order valence-corrected chi connectivity index (χ2v) is 6.41. The van der Waals surface area contributed by atoms with Gasteiger partial charge in [0.1, 0.15) is 5.69 Å². The number of nitrogens with zero attached hydrogens (tertiary/aromatic N) is 2. The highest BCUT2D eigenvalue weighted by Crippen LogP contribution is 2.40. The summed E-state index contributed by atoms with van der Waals surface area (Å²) < 4.78 is 2.83. The highest BCUT2D eigenvalue weighted by molar-refractivity contribution is 9.10. The van der Waals surface area contributed by atoms with E-state index in [0.29, 0.717) is 16.7 Å². The standard InChI is InChI=1S/C13H14BrN3OS/c1-2-17-6-9(14)5-11(17)12(18)16-13-15-10(7-19-13)8-3-4-8/h5-8H,2-4H2,1H3,(H,15,16,18). The monoisotopic (exact) mass is 339 g/mol. The maximum absolute atomic E-state index is 12.2. The smallest absolute Gasteiger partial charge is 0.274 e. The molecule has 0 unspecified atom stereocenters. The summed E-state index contributed by atoms with van der Waals surface area (Å²) in [6.07, 6.45) is 4.36. The first-order valence-electron chi connectivity index (χ1n) is 6.30.